The lowest BCUT2D eigenvalue weighted by Gasteiger charge is -2.33. The summed E-state index contributed by atoms with van der Waals surface area (Å²) in [6.45, 7) is 2.81. The molecule has 0 saturated heterocycles. The standard InChI is InChI=1S/C26H33N3O6/c1-3-34-23(31)17-29(22(30)16-27-25(32)21-14-9-15-35-21)24(20-13-8-7-10-18(20)2)26(33)28-19-11-5-4-6-12-19/h7-10,13-15,19,24H,3-6,11-12,16-17H2,1-2H3,(H,27,32)(H,28,33). The zero-order valence-electron chi connectivity index (χ0n) is 20.2. The van der Waals surface area contributed by atoms with Gasteiger partial charge >= 0.3 is 5.97 Å². The van der Waals surface area contributed by atoms with Crippen molar-refractivity contribution >= 4 is 23.7 Å². The van der Waals surface area contributed by atoms with Crippen LogP contribution in [0.25, 0.3) is 0 Å². The summed E-state index contributed by atoms with van der Waals surface area (Å²) in [4.78, 5) is 52.9. The van der Waals surface area contributed by atoms with Crippen LogP contribution in [0.2, 0.25) is 0 Å². The molecule has 1 aliphatic carbocycles. The van der Waals surface area contributed by atoms with Gasteiger partial charge in [0.05, 0.1) is 19.4 Å². The number of esters is 1. The van der Waals surface area contributed by atoms with Crippen LogP contribution in [0.3, 0.4) is 0 Å². The van der Waals surface area contributed by atoms with E-state index in [0.717, 1.165) is 37.7 Å². The first-order valence-corrected chi connectivity index (χ1v) is 12.0. The van der Waals surface area contributed by atoms with Gasteiger partial charge in [0.25, 0.3) is 5.91 Å². The van der Waals surface area contributed by atoms with Crippen LogP contribution >= 0.6 is 0 Å². The maximum absolute atomic E-state index is 13.6. The highest BCUT2D eigenvalue weighted by atomic mass is 16.5. The van der Waals surface area contributed by atoms with Gasteiger partial charge in [0.1, 0.15) is 12.6 Å². The van der Waals surface area contributed by atoms with Crippen molar-refractivity contribution < 1.29 is 28.3 Å². The van der Waals surface area contributed by atoms with Crippen molar-refractivity contribution in [2.45, 2.75) is 58.0 Å². The minimum absolute atomic E-state index is 0.0148. The fourth-order valence-corrected chi connectivity index (χ4v) is 4.29. The van der Waals surface area contributed by atoms with E-state index in [4.69, 9.17) is 9.15 Å². The molecule has 1 heterocycles. The number of hydrogen-bond donors (Lipinski definition) is 2. The van der Waals surface area contributed by atoms with Crippen LogP contribution in [-0.4, -0.2) is 54.3 Å². The number of ether oxygens (including phenoxy) is 1. The van der Waals surface area contributed by atoms with E-state index in [1.807, 2.05) is 19.1 Å². The molecule has 3 amide bonds. The maximum Gasteiger partial charge on any atom is 0.325 e. The third kappa shape index (κ3) is 7.18. The Balaban J connectivity index is 1.88. The lowest BCUT2D eigenvalue weighted by molar-refractivity contribution is -0.152. The van der Waals surface area contributed by atoms with Crippen molar-refractivity contribution in [3.63, 3.8) is 0 Å². The predicted octanol–water partition coefficient (Wildman–Crippen LogP) is 2.90. The summed E-state index contributed by atoms with van der Waals surface area (Å²) in [7, 11) is 0. The second kappa shape index (κ2) is 12.7. The largest absolute Gasteiger partial charge is 0.465 e. The molecular formula is C26H33N3O6. The highest BCUT2D eigenvalue weighted by molar-refractivity contribution is 5.96. The van der Waals surface area contributed by atoms with Crippen LogP contribution in [-0.2, 0) is 19.1 Å². The molecule has 9 heteroatoms. The molecule has 1 atom stereocenters. The second-order valence-corrected chi connectivity index (χ2v) is 8.59. The minimum atomic E-state index is -1.06. The first-order valence-electron chi connectivity index (χ1n) is 12.0. The molecule has 1 saturated carbocycles. The van der Waals surface area contributed by atoms with Crippen molar-refractivity contribution in [3.05, 3.63) is 59.5 Å². The Morgan fingerprint density at radius 1 is 1.09 bits per heavy atom. The van der Waals surface area contributed by atoms with Gasteiger partial charge in [-0.15, -0.1) is 0 Å². The van der Waals surface area contributed by atoms with E-state index < -0.39 is 36.9 Å². The predicted molar refractivity (Wildman–Crippen MR) is 128 cm³/mol. The van der Waals surface area contributed by atoms with Gasteiger partial charge in [0.2, 0.25) is 11.8 Å². The summed E-state index contributed by atoms with van der Waals surface area (Å²) in [5, 5.41) is 5.59. The number of rotatable bonds is 10. The Bertz CT molecular complexity index is 1010. The molecule has 2 aromatic rings. The molecule has 3 rings (SSSR count). The number of amides is 3. The second-order valence-electron chi connectivity index (χ2n) is 8.59. The molecule has 1 fully saturated rings. The molecule has 1 aliphatic rings. The zero-order valence-corrected chi connectivity index (χ0v) is 20.2. The summed E-state index contributed by atoms with van der Waals surface area (Å²) < 4.78 is 10.2. The van der Waals surface area contributed by atoms with Gasteiger partial charge in [-0.3, -0.25) is 19.2 Å². The number of furan rings is 1. The fraction of sp³-hybridized carbons (Fsp3) is 0.462. The highest BCUT2D eigenvalue weighted by Crippen LogP contribution is 2.26. The number of nitrogens with zero attached hydrogens (tertiary/aromatic N) is 1. The van der Waals surface area contributed by atoms with Crippen molar-refractivity contribution in [3.8, 4) is 0 Å². The zero-order chi connectivity index (χ0) is 25.2. The van der Waals surface area contributed by atoms with E-state index >= 15 is 0 Å². The van der Waals surface area contributed by atoms with Gasteiger partial charge in [-0.25, -0.2) is 0 Å². The summed E-state index contributed by atoms with van der Waals surface area (Å²) in [5.74, 6) is -2.10. The number of hydrogen-bond acceptors (Lipinski definition) is 6. The maximum atomic E-state index is 13.6. The van der Waals surface area contributed by atoms with Gasteiger partial charge in [0.15, 0.2) is 5.76 Å². The first kappa shape index (κ1) is 26.0. The van der Waals surface area contributed by atoms with Gasteiger partial charge in [-0.2, -0.15) is 0 Å². The Hall–Kier alpha value is -3.62. The molecule has 1 aromatic carbocycles. The van der Waals surface area contributed by atoms with Crippen LogP contribution in [0.1, 0.15) is 66.8 Å². The van der Waals surface area contributed by atoms with E-state index in [2.05, 4.69) is 10.6 Å². The first-order chi connectivity index (χ1) is 16.9. The Morgan fingerprint density at radius 3 is 2.49 bits per heavy atom. The van der Waals surface area contributed by atoms with Crippen molar-refractivity contribution in [2.75, 3.05) is 19.7 Å². The van der Waals surface area contributed by atoms with Gasteiger partial charge < -0.3 is 24.7 Å². The highest BCUT2D eigenvalue weighted by Gasteiger charge is 2.35. The van der Waals surface area contributed by atoms with Crippen LogP contribution in [0.15, 0.2) is 47.1 Å². The fourth-order valence-electron chi connectivity index (χ4n) is 4.29. The van der Waals surface area contributed by atoms with Gasteiger partial charge in [0, 0.05) is 6.04 Å². The molecule has 0 radical (unpaired) electrons. The van der Waals surface area contributed by atoms with E-state index in [-0.39, 0.29) is 24.3 Å². The molecular weight excluding hydrogens is 450 g/mol. The molecule has 188 valence electrons. The number of carbonyl (C=O) groups excluding carboxylic acids is 4. The summed E-state index contributed by atoms with van der Waals surface area (Å²) in [5.41, 5.74) is 1.41. The average molecular weight is 484 g/mol. The van der Waals surface area contributed by atoms with E-state index in [0.29, 0.717) is 5.56 Å². The number of benzene rings is 1. The number of nitrogens with one attached hydrogen (secondary N) is 2. The molecule has 0 aliphatic heterocycles. The quantitative estimate of drug-likeness (QED) is 0.502. The van der Waals surface area contributed by atoms with E-state index in [1.54, 1.807) is 25.1 Å². The Labute approximate surface area is 205 Å². The van der Waals surface area contributed by atoms with E-state index in [1.165, 1.54) is 17.2 Å². The Kier molecular flexibility index (Phi) is 9.46. The number of aryl methyl sites for hydroxylation is 1. The molecule has 0 bridgehead atoms. The topological polar surface area (TPSA) is 118 Å². The van der Waals surface area contributed by atoms with Crippen LogP contribution in [0.4, 0.5) is 0 Å². The van der Waals surface area contributed by atoms with Gasteiger partial charge in [-0.05, 0) is 49.9 Å². The van der Waals surface area contributed by atoms with Gasteiger partial charge in [-0.1, -0.05) is 43.5 Å². The normalized spacial score (nSPS) is 14.6. The molecule has 0 spiro atoms. The average Bonchev–Trinajstić information content (AvgIpc) is 3.39. The molecule has 2 N–H and O–H groups in total. The third-order valence-electron chi connectivity index (χ3n) is 6.06. The van der Waals surface area contributed by atoms with Crippen molar-refractivity contribution in [1.29, 1.82) is 0 Å². The summed E-state index contributed by atoms with van der Waals surface area (Å²) in [6.07, 6.45) is 6.30. The molecule has 9 nitrogen and oxygen atoms in total. The lowest BCUT2D eigenvalue weighted by atomic mass is 9.94. The smallest absolute Gasteiger partial charge is 0.325 e. The third-order valence-corrected chi connectivity index (χ3v) is 6.06. The van der Waals surface area contributed by atoms with E-state index in [9.17, 15) is 19.2 Å². The van der Waals surface area contributed by atoms with Crippen LogP contribution in [0, 0.1) is 6.92 Å². The molecule has 1 aromatic heterocycles. The monoisotopic (exact) mass is 483 g/mol. The molecule has 1 unspecified atom stereocenters. The SMILES string of the molecule is CCOC(=O)CN(C(=O)CNC(=O)c1ccco1)C(C(=O)NC1CCCCC1)c1ccccc1C. The Morgan fingerprint density at radius 2 is 1.83 bits per heavy atom. The van der Waals surface area contributed by atoms with Crippen molar-refractivity contribution in [2.24, 2.45) is 0 Å². The van der Waals surface area contributed by atoms with Crippen LogP contribution < -0.4 is 10.6 Å². The van der Waals surface area contributed by atoms with Crippen LogP contribution in [0.5, 0.6) is 0 Å². The summed E-state index contributed by atoms with van der Waals surface area (Å²) in [6, 6.07) is 9.24. The minimum Gasteiger partial charge on any atom is -0.465 e. The van der Waals surface area contributed by atoms with Crippen molar-refractivity contribution in [1.82, 2.24) is 15.5 Å². The summed E-state index contributed by atoms with van der Waals surface area (Å²) >= 11 is 0. The molecule has 35 heavy (non-hydrogen) atoms. The number of carbonyl (C=O) groups is 4. The lowest BCUT2D eigenvalue weighted by Crippen LogP contribution is -2.51.